The molecule has 8 heteroatoms. The first-order valence-electron chi connectivity index (χ1n) is 12.3. The molecule has 1 aromatic heterocycles. The normalized spacial score (nSPS) is 18.7. The number of halogens is 3. The van der Waals surface area contributed by atoms with Gasteiger partial charge < -0.3 is 9.84 Å². The van der Waals surface area contributed by atoms with Gasteiger partial charge >= 0.3 is 5.97 Å². The molecule has 1 fully saturated rings. The van der Waals surface area contributed by atoms with Gasteiger partial charge in [-0.15, -0.1) is 0 Å². The molecule has 0 unspecified atom stereocenters. The first-order chi connectivity index (χ1) is 17.8. The number of alkyl halides is 1. The molecular weight excluding hydrogens is 481 g/mol. The van der Waals surface area contributed by atoms with Crippen LogP contribution in [-0.2, 0) is 4.79 Å². The van der Waals surface area contributed by atoms with Gasteiger partial charge in [-0.2, -0.15) is 0 Å². The van der Waals surface area contributed by atoms with Gasteiger partial charge in [0.25, 0.3) is 0 Å². The fourth-order valence-electron chi connectivity index (χ4n) is 5.04. The Morgan fingerprint density at radius 1 is 1.22 bits per heavy atom. The van der Waals surface area contributed by atoms with E-state index in [9.17, 15) is 18.7 Å². The molecule has 5 nitrogen and oxygen atoms in total. The van der Waals surface area contributed by atoms with Gasteiger partial charge in [-0.05, 0) is 85.7 Å². The largest absolute Gasteiger partial charge is 0.497 e. The lowest BCUT2D eigenvalue weighted by Gasteiger charge is -2.37. The zero-order chi connectivity index (χ0) is 26.4. The Morgan fingerprint density at radius 3 is 2.84 bits per heavy atom. The Labute approximate surface area is 214 Å². The molecule has 37 heavy (non-hydrogen) atoms. The van der Waals surface area contributed by atoms with Crippen molar-refractivity contribution in [3.63, 3.8) is 0 Å². The molecule has 1 saturated heterocycles. The summed E-state index contributed by atoms with van der Waals surface area (Å²) in [5.74, 6) is 4.03. The summed E-state index contributed by atoms with van der Waals surface area (Å²) in [6, 6.07) is 10.2. The summed E-state index contributed by atoms with van der Waals surface area (Å²) in [5.41, 5.74) is 1.24. The maximum Gasteiger partial charge on any atom is 0.303 e. The predicted octanol–water partition coefficient (Wildman–Crippen LogP) is 5.78. The van der Waals surface area contributed by atoms with Crippen molar-refractivity contribution in [1.82, 2.24) is 9.88 Å². The SMILES string of the molecule is COc1ccc2nccc([C@H](F)CC[C@@H]3CCN(CC#Cc4cc(F)ccc4F)C[C@@H]3CC(=O)O)c2c1. The van der Waals surface area contributed by atoms with Crippen LogP contribution in [0.15, 0.2) is 48.7 Å². The lowest BCUT2D eigenvalue weighted by Crippen LogP contribution is -2.41. The van der Waals surface area contributed by atoms with Crippen molar-refractivity contribution in [3.8, 4) is 17.6 Å². The van der Waals surface area contributed by atoms with E-state index >= 15 is 4.39 Å². The Hall–Kier alpha value is -3.57. The maximum atomic E-state index is 15.4. The number of rotatable bonds is 8. The van der Waals surface area contributed by atoms with E-state index in [2.05, 4.69) is 16.8 Å². The number of piperidine rings is 1. The summed E-state index contributed by atoms with van der Waals surface area (Å²) in [7, 11) is 1.56. The molecular formula is C29H29F3N2O3. The minimum atomic E-state index is -1.21. The van der Waals surface area contributed by atoms with Crippen LogP contribution >= 0.6 is 0 Å². The number of carbonyl (C=O) groups is 1. The van der Waals surface area contributed by atoms with Gasteiger partial charge in [0.15, 0.2) is 0 Å². The number of methoxy groups -OCH3 is 1. The van der Waals surface area contributed by atoms with E-state index in [-0.39, 0.29) is 30.2 Å². The summed E-state index contributed by atoms with van der Waals surface area (Å²) in [6.45, 7) is 1.49. The average Bonchev–Trinajstić information content (AvgIpc) is 2.89. The summed E-state index contributed by atoms with van der Waals surface area (Å²) < 4.78 is 47.9. The number of pyridine rings is 1. The van der Waals surface area contributed by atoms with Gasteiger partial charge in [-0.3, -0.25) is 14.7 Å². The highest BCUT2D eigenvalue weighted by atomic mass is 19.1. The van der Waals surface area contributed by atoms with Gasteiger partial charge in [-0.1, -0.05) is 11.8 Å². The van der Waals surface area contributed by atoms with Crippen LogP contribution in [0.2, 0.25) is 0 Å². The van der Waals surface area contributed by atoms with E-state index in [0.717, 1.165) is 18.2 Å². The van der Waals surface area contributed by atoms with Crippen LogP contribution < -0.4 is 4.74 Å². The average molecular weight is 511 g/mol. The molecule has 3 aromatic rings. The molecule has 0 bridgehead atoms. The molecule has 0 spiro atoms. The fraction of sp³-hybridized carbons (Fsp3) is 0.379. The van der Waals surface area contributed by atoms with E-state index in [1.807, 2.05) is 4.90 Å². The van der Waals surface area contributed by atoms with Crippen molar-refractivity contribution in [2.75, 3.05) is 26.7 Å². The molecule has 1 N–H and O–H groups in total. The molecule has 3 atom stereocenters. The number of fused-ring (bicyclic) bond motifs is 1. The molecule has 0 saturated carbocycles. The zero-order valence-corrected chi connectivity index (χ0v) is 20.6. The third-order valence-corrected chi connectivity index (χ3v) is 6.98. The number of hydrogen-bond donors (Lipinski definition) is 1. The molecule has 2 aromatic carbocycles. The third-order valence-electron chi connectivity index (χ3n) is 6.98. The number of ether oxygens (including phenoxy) is 1. The number of carboxylic acids is 1. The van der Waals surface area contributed by atoms with Crippen molar-refractivity contribution in [2.24, 2.45) is 11.8 Å². The van der Waals surface area contributed by atoms with Crippen LogP contribution in [0.25, 0.3) is 10.9 Å². The van der Waals surface area contributed by atoms with E-state index < -0.39 is 23.8 Å². The van der Waals surface area contributed by atoms with Crippen LogP contribution in [0.3, 0.4) is 0 Å². The number of aromatic nitrogens is 1. The summed E-state index contributed by atoms with van der Waals surface area (Å²) in [5, 5.41) is 10.2. The molecule has 0 radical (unpaired) electrons. The van der Waals surface area contributed by atoms with E-state index in [4.69, 9.17) is 4.74 Å². The topological polar surface area (TPSA) is 62.7 Å². The number of likely N-dealkylation sites (tertiary alicyclic amines) is 1. The lowest BCUT2D eigenvalue weighted by atomic mass is 9.79. The Kier molecular flexibility index (Phi) is 8.67. The summed E-state index contributed by atoms with van der Waals surface area (Å²) >= 11 is 0. The number of benzene rings is 2. The number of nitrogens with zero attached hydrogens (tertiary/aromatic N) is 2. The second-order valence-corrected chi connectivity index (χ2v) is 9.40. The highest BCUT2D eigenvalue weighted by molar-refractivity contribution is 5.83. The first kappa shape index (κ1) is 26.5. The molecule has 1 aliphatic heterocycles. The maximum absolute atomic E-state index is 15.4. The molecule has 1 aliphatic rings. The monoisotopic (exact) mass is 510 g/mol. The minimum Gasteiger partial charge on any atom is -0.497 e. The molecule has 4 rings (SSSR count). The van der Waals surface area contributed by atoms with Crippen molar-refractivity contribution in [1.29, 1.82) is 0 Å². The number of carboxylic acid groups (broad SMARTS) is 1. The molecule has 194 valence electrons. The summed E-state index contributed by atoms with van der Waals surface area (Å²) in [4.78, 5) is 17.9. The first-order valence-corrected chi connectivity index (χ1v) is 12.3. The fourth-order valence-corrected chi connectivity index (χ4v) is 5.04. The zero-order valence-electron chi connectivity index (χ0n) is 20.6. The van der Waals surface area contributed by atoms with Crippen LogP contribution in [0.1, 0.15) is 43.0 Å². The van der Waals surface area contributed by atoms with Crippen LogP contribution in [0.4, 0.5) is 13.2 Å². The molecule has 2 heterocycles. The van der Waals surface area contributed by atoms with Gasteiger partial charge in [0.05, 0.1) is 24.7 Å². The van der Waals surface area contributed by atoms with Crippen molar-refractivity contribution < 1.29 is 27.8 Å². The second-order valence-electron chi connectivity index (χ2n) is 9.40. The quantitative estimate of drug-likeness (QED) is 0.390. The molecule has 0 amide bonds. The Balaban J connectivity index is 1.40. The minimum absolute atomic E-state index is 0.00721. The lowest BCUT2D eigenvalue weighted by molar-refractivity contribution is -0.139. The van der Waals surface area contributed by atoms with E-state index in [1.54, 1.807) is 37.6 Å². The number of hydrogen-bond acceptors (Lipinski definition) is 4. The third kappa shape index (κ3) is 6.80. The Morgan fingerprint density at radius 2 is 2.05 bits per heavy atom. The van der Waals surface area contributed by atoms with Crippen LogP contribution in [0, 0.1) is 35.3 Å². The van der Waals surface area contributed by atoms with Crippen molar-refractivity contribution in [2.45, 2.75) is 31.9 Å². The molecule has 0 aliphatic carbocycles. The van der Waals surface area contributed by atoms with Crippen molar-refractivity contribution in [3.05, 3.63) is 71.4 Å². The second kappa shape index (κ2) is 12.1. The predicted molar refractivity (Wildman–Crippen MR) is 135 cm³/mol. The van der Waals surface area contributed by atoms with Crippen LogP contribution in [-0.4, -0.2) is 47.7 Å². The highest BCUT2D eigenvalue weighted by Gasteiger charge is 2.31. The van der Waals surface area contributed by atoms with Gasteiger partial charge in [-0.25, -0.2) is 13.2 Å². The van der Waals surface area contributed by atoms with E-state index in [0.29, 0.717) is 54.7 Å². The van der Waals surface area contributed by atoms with Crippen LogP contribution in [0.5, 0.6) is 5.75 Å². The van der Waals surface area contributed by atoms with Gasteiger partial charge in [0.1, 0.15) is 23.6 Å². The van der Waals surface area contributed by atoms with Crippen molar-refractivity contribution >= 4 is 16.9 Å². The summed E-state index contributed by atoms with van der Waals surface area (Å²) in [6.07, 6.45) is 1.91. The number of aliphatic carboxylic acids is 1. The smallest absolute Gasteiger partial charge is 0.303 e. The van der Waals surface area contributed by atoms with Gasteiger partial charge in [0, 0.05) is 24.5 Å². The highest BCUT2D eigenvalue weighted by Crippen LogP contribution is 2.36. The van der Waals surface area contributed by atoms with Gasteiger partial charge in [0.2, 0.25) is 0 Å². The van der Waals surface area contributed by atoms with E-state index in [1.165, 1.54) is 0 Å². The standard InChI is InChI=1S/C29H29F3N2O3/c1-37-23-6-9-28-25(17-23)24(10-12-33-28)27(32)7-4-19-11-14-34(18-21(19)16-29(35)36)13-2-3-20-15-22(30)5-8-26(20)31/h5-6,8-10,12,15,17,19,21,27H,4,7,11,13-14,16,18H2,1H3,(H,35,36)/t19-,21+,27-/m1/s1. The Bertz CT molecular complexity index is 1320.